The minimum Gasteiger partial charge on any atom is -0.481 e. The van der Waals surface area contributed by atoms with Crippen LogP contribution in [-0.2, 0) is 11.2 Å². The van der Waals surface area contributed by atoms with Gasteiger partial charge in [0.25, 0.3) is 0 Å². The van der Waals surface area contributed by atoms with E-state index in [9.17, 15) is 4.79 Å². The quantitative estimate of drug-likeness (QED) is 0.801. The number of hydrogen-bond acceptors (Lipinski definition) is 3. The SMILES string of the molecule is O=C(O)CCC1NCCc2sccc21. The van der Waals surface area contributed by atoms with Gasteiger partial charge in [-0.25, -0.2) is 0 Å². The largest absolute Gasteiger partial charge is 0.481 e. The van der Waals surface area contributed by atoms with Gasteiger partial charge in [-0.2, -0.15) is 0 Å². The molecule has 0 amide bonds. The zero-order valence-electron chi connectivity index (χ0n) is 7.82. The summed E-state index contributed by atoms with van der Waals surface area (Å²) in [5, 5.41) is 14.1. The summed E-state index contributed by atoms with van der Waals surface area (Å²) in [5.41, 5.74) is 1.31. The molecule has 1 aromatic heterocycles. The number of hydrogen-bond donors (Lipinski definition) is 2. The highest BCUT2D eigenvalue weighted by atomic mass is 32.1. The molecule has 0 saturated carbocycles. The molecule has 2 rings (SSSR count). The third kappa shape index (κ3) is 1.96. The van der Waals surface area contributed by atoms with Crippen LogP contribution >= 0.6 is 11.3 Å². The second-order valence-corrected chi connectivity index (χ2v) is 4.49. The molecule has 0 bridgehead atoms. The highest BCUT2D eigenvalue weighted by molar-refractivity contribution is 7.10. The molecule has 0 fully saturated rings. The lowest BCUT2D eigenvalue weighted by molar-refractivity contribution is -0.137. The summed E-state index contributed by atoms with van der Waals surface area (Å²) in [6.07, 6.45) is 2.02. The van der Waals surface area contributed by atoms with Crippen LogP contribution in [0.15, 0.2) is 11.4 Å². The topological polar surface area (TPSA) is 49.3 Å². The molecule has 1 aliphatic rings. The maximum absolute atomic E-state index is 10.5. The fraction of sp³-hybridized carbons (Fsp3) is 0.500. The average Bonchev–Trinajstić information content (AvgIpc) is 2.62. The van der Waals surface area contributed by atoms with Crippen LogP contribution in [0.1, 0.15) is 29.3 Å². The molecule has 2 N–H and O–H groups in total. The Hall–Kier alpha value is -0.870. The van der Waals surface area contributed by atoms with E-state index >= 15 is 0 Å². The Labute approximate surface area is 86.8 Å². The van der Waals surface area contributed by atoms with Gasteiger partial charge in [-0.1, -0.05) is 0 Å². The van der Waals surface area contributed by atoms with Crippen molar-refractivity contribution in [3.8, 4) is 0 Å². The minimum absolute atomic E-state index is 0.243. The van der Waals surface area contributed by atoms with Crippen molar-refractivity contribution in [3.63, 3.8) is 0 Å². The van der Waals surface area contributed by atoms with E-state index < -0.39 is 5.97 Å². The summed E-state index contributed by atoms with van der Waals surface area (Å²) < 4.78 is 0. The maximum Gasteiger partial charge on any atom is 0.303 e. The molecule has 0 spiro atoms. The van der Waals surface area contributed by atoms with Crippen LogP contribution in [-0.4, -0.2) is 17.6 Å². The third-order valence-electron chi connectivity index (χ3n) is 2.54. The fourth-order valence-corrected chi connectivity index (χ4v) is 2.80. The first-order valence-corrected chi connectivity index (χ1v) is 5.67. The molecule has 76 valence electrons. The number of fused-ring (bicyclic) bond motifs is 1. The Bertz CT molecular complexity index is 335. The molecule has 1 aliphatic heterocycles. The highest BCUT2D eigenvalue weighted by Gasteiger charge is 2.20. The second-order valence-electron chi connectivity index (χ2n) is 3.49. The van der Waals surface area contributed by atoms with E-state index in [-0.39, 0.29) is 12.5 Å². The number of aliphatic carboxylic acids is 1. The predicted octanol–water partition coefficient (Wildman–Crippen LogP) is 1.80. The zero-order chi connectivity index (χ0) is 9.97. The van der Waals surface area contributed by atoms with Crippen molar-refractivity contribution in [2.75, 3.05) is 6.54 Å². The molecule has 1 atom stereocenters. The number of carboxylic acids is 1. The lowest BCUT2D eigenvalue weighted by Crippen LogP contribution is -2.29. The van der Waals surface area contributed by atoms with E-state index in [0.29, 0.717) is 6.42 Å². The molecule has 14 heavy (non-hydrogen) atoms. The number of carbonyl (C=O) groups is 1. The van der Waals surface area contributed by atoms with E-state index in [0.717, 1.165) is 13.0 Å². The molecule has 0 aromatic carbocycles. The van der Waals surface area contributed by atoms with Crippen molar-refractivity contribution in [2.45, 2.75) is 25.3 Å². The number of nitrogens with one attached hydrogen (secondary N) is 1. The summed E-state index contributed by atoms with van der Waals surface area (Å²) in [4.78, 5) is 11.9. The van der Waals surface area contributed by atoms with Crippen LogP contribution < -0.4 is 5.32 Å². The van der Waals surface area contributed by atoms with Gasteiger partial charge in [0, 0.05) is 23.9 Å². The lowest BCUT2D eigenvalue weighted by atomic mass is 9.98. The van der Waals surface area contributed by atoms with Gasteiger partial charge in [0.15, 0.2) is 0 Å². The second kappa shape index (κ2) is 4.11. The van der Waals surface area contributed by atoms with Gasteiger partial charge in [0.05, 0.1) is 0 Å². The molecule has 2 heterocycles. The third-order valence-corrected chi connectivity index (χ3v) is 3.54. The van der Waals surface area contributed by atoms with Crippen LogP contribution in [0.5, 0.6) is 0 Å². The summed E-state index contributed by atoms with van der Waals surface area (Å²) in [5.74, 6) is -0.714. The molecular formula is C10H13NO2S. The molecule has 0 radical (unpaired) electrons. The molecule has 3 nitrogen and oxygen atoms in total. The molecule has 1 aromatic rings. The summed E-state index contributed by atoms with van der Waals surface area (Å²) in [7, 11) is 0. The molecule has 0 saturated heterocycles. The highest BCUT2D eigenvalue weighted by Crippen LogP contribution is 2.29. The van der Waals surface area contributed by atoms with Gasteiger partial charge in [0.2, 0.25) is 0 Å². The standard InChI is InChI=1S/C10H13NO2S/c12-10(13)2-1-8-7-4-6-14-9(7)3-5-11-8/h4,6,8,11H,1-3,5H2,(H,12,13). The van der Waals surface area contributed by atoms with E-state index in [1.165, 1.54) is 10.4 Å². The summed E-state index contributed by atoms with van der Waals surface area (Å²) in [6.45, 7) is 0.970. The Balaban J connectivity index is 2.05. The van der Waals surface area contributed by atoms with Crippen molar-refractivity contribution >= 4 is 17.3 Å². The summed E-state index contributed by atoms with van der Waals surface area (Å²) in [6, 6.07) is 2.36. The van der Waals surface area contributed by atoms with Crippen LogP contribution in [0.4, 0.5) is 0 Å². The van der Waals surface area contributed by atoms with Gasteiger partial charge >= 0.3 is 5.97 Å². The minimum atomic E-state index is -0.714. The van der Waals surface area contributed by atoms with E-state index in [2.05, 4.69) is 16.8 Å². The lowest BCUT2D eigenvalue weighted by Gasteiger charge is -2.23. The fourth-order valence-electron chi connectivity index (χ4n) is 1.86. The molecule has 4 heteroatoms. The monoisotopic (exact) mass is 211 g/mol. The van der Waals surface area contributed by atoms with Gasteiger partial charge in [-0.3, -0.25) is 4.79 Å². The molecule has 1 unspecified atom stereocenters. The first kappa shape index (κ1) is 9.68. The van der Waals surface area contributed by atoms with Crippen molar-refractivity contribution in [1.29, 1.82) is 0 Å². The Kier molecular flexibility index (Phi) is 2.84. The van der Waals surface area contributed by atoms with Crippen LogP contribution in [0.25, 0.3) is 0 Å². The molecular weight excluding hydrogens is 198 g/mol. The van der Waals surface area contributed by atoms with Gasteiger partial charge in [-0.05, 0) is 29.9 Å². The Morgan fingerprint density at radius 2 is 2.57 bits per heavy atom. The number of rotatable bonds is 3. The van der Waals surface area contributed by atoms with E-state index in [1.807, 2.05) is 0 Å². The van der Waals surface area contributed by atoms with Crippen molar-refractivity contribution < 1.29 is 9.90 Å². The smallest absolute Gasteiger partial charge is 0.303 e. The maximum atomic E-state index is 10.5. The van der Waals surface area contributed by atoms with E-state index in [1.54, 1.807) is 11.3 Å². The average molecular weight is 211 g/mol. The van der Waals surface area contributed by atoms with Crippen LogP contribution in [0.3, 0.4) is 0 Å². The normalized spacial score (nSPS) is 20.4. The van der Waals surface area contributed by atoms with Crippen molar-refractivity contribution in [3.05, 3.63) is 21.9 Å². The Morgan fingerprint density at radius 1 is 1.71 bits per heavy atom. The van der Waals surface area contributed by atoms with Crippen molar-refractivity contribution in [2.24, 2.45) is 0 Å². The number of carboxylic acid groups (broad SMARTS) is 1. The van der Waals surface area contributed by atoms with Crippen LogP contribution in [0, 0.1) is 0 Å². The Morgan fingerprint density at radius 3 is 3.36 bits per heavy atom. The molecule has 0 aliphatic carbocycles. The first-order valence-electron chi connectivity index (χ1n) is 4.79. The van der Waals surface area contributed by atoms with Crippen LogP contribution in [0.2, 0.25) is 0 Å². The summed E-state index contributed by atoms with van der Waals surface area (Å²) >= 11 is 1.78. The van der Waals surface area contributed by atoms with Crippen molar-refractivity contribution in [1.82, 2.24) is 5.32 Å². The van der Waals surface area contributed by atoms with Gasteiger partial charge in [-0.15, -0.1) is 11.3 Å². The van der Waals surface area contributed by atoms with E-state index in [4.69, 9.17) is 5.11 Å². The zero-order valence-corrected chi connectivity index (χ0v) is 8.64. The van der Waals surface area contributed by atoms with Gasteiger partial charge in [0.1, 0.15) is 0 Å². The predicted molar refractivity (Wildman–Crippen MR) is 55.6 cm³/mol. The first-order chi connectivity index (χ1) is 6.77. The van der Waals surface area contributed by atoms with Gasteiger partial charge < -0.3 is 10.4 Å². The number of thiophene rings is 1.